The summed E-state index contributed by atoms with van der Waals surface area (Å²) in [7, 11) is -0.880. The van der Waals surface area contributed by atoms with Gasteiger partial charge in [-0.1, -0.05) is 6.07 Å². The molecule has 1 aromatic carbocycles. The van der Waals surface area contributed by atoms with Gasteiger partial charge in [0.15, 0.2) is 0 Å². The van der Waals surface area contributed by atoms with Gasteiger partial charge in [0.1, 0.15) is 5.75 Å². The monoisotopic (exact) mass is 266 g/mol. The van der Waals surface area contributed by atoms with Crippen LogP contribution in [0, 0.1) is 6.92 Å². The van der Waals surface area contributed by atoms with Crippen LogP contribution in [0.2, 0.25) is 0 Å². The molecule has 0 amide bonds. The summed E-state index contributed by atoms with van der Waals surface area (Å²) in [6.45, 7) is 1.87. The van der Waals surface area contributed by atoms with E-state index in [0.717, 1.165) is 20.8 Å². The van der Waals surface area contributed by atoms with E-state index in [0.29, 0.717) is 0 Å². The number of aryl methyl sites for hydroxylation is 1. The highest BCUT2D eigenvalue weighted by Gasteiger charge is 2.16. The Kier molecular flexibility index (Phi) is 3.23. The molecule has 1 aromatic heterocycles. The molecule has 0 unspecified atom stereocenters. The first-order chi connectivity index (χ1) is 8.40. The number of nitrogens with zero attached hydrogens (tertiary/aromatic N) is 2. The van der Waals surface area contributed by atoms with Crippen molar-refractivity contribution in [1.82, 2.24) is 9.29 Å². The maximum Gasteiger partial charge on any atom is 0.384 e. The minimum atomic E-state index is -3.72. The van der Waals surface area contributed by atoms with Crippen LogP contribution in [-0.4, -0.2) is 31.8 Å². The number of pyridine rings is 1. The predicted molar refractivity (Wildman–Crippen MR) is 69.7 cm³/mol. The van der Waals surface area contributed by atoms with Gasteiger partial charge in [-0.15, -0.1) is 0 Å². The molecule has 2 rings (SSSR count). The highest BCUT2D eigenvalue weighted by molar-refractivity contribution is 7.84. The van der Waals surface area contributed by atoms with Gasteiger partial charge in [0.2, 0.25) is 0 Å². The van der Waals surface area contributed by atoms with Gasteiger partial charge in [0.25, 0.3) is 0 Å². The van der Waals surface area contributed by atoms with Crippen molar-refractivity contribution >= 4 is 21.1 Å². The normalized spacial score (nSPS) is 12.0. The minimum Gasteiger partial charge on any atom is -0.371 e. The summed E-state index contributed by atoms with van der Waals surface area (Å²) in [5.74, 6) is 0.285. The van der Waals surface area contributed by atoms with Gasteiger partial charge in [-0.3, -0.25) is 4.98 Å². The third-order valence-electron chi connectivity index (χ3n) is 2.59. The average molecular weight is 266 g/mol. The van der Waals surface area contributed by atoms with E-state index in [1.807, 2.05) is 19.1 Å². The number of rotatable bonds is 3. The maximum atomic E-state index is 11.6. The molecule has 96 valence electrons. The molecule has 0 saturated heterocycles. The van der Waals surface area contributed by atoms with Crippen LogP contribution >= 0.6 is 0 Å². The Morgan fingerprint density at radius 3 is 2.61 bits per heavy atom. The molecule has 5 nitrogen and oxygen atoms in total. The second kappa shape index (κ2) is 4.55. The fraction of sp³-hybridized carbons (Fsp3) is 0.250. The quantitative estimate of drug-likeness (QED) is 0.849. The number of fused-ring (bicyclic) bond motifs is 1. The standard InChI is InChI=1S/C12H14N2O3S/c1-9-12-8-11(17-18(15,16)14(2)3)5-4-10(12)6-7-13-9/h4-8H,1-3H3. The molecule has 0 spiro atoms. The number of aromatic nitrogens is 1. The van der Waals surface area contributed by atoms with Gasteiger partial charge < -0.3 is 4.18 Å². The van der Waals surface area contributed by atoms with E-state index >= 15 is 0 Å². The second-order valence-electron chi connectivity index (χ2n) is 4.10. The molecule has 6 heteroatoms. The lowest BCUT2D eigenvalue weighted by atomic mass is 10.1. The fourth-order valence-electron chi connectivity index (χ4n) is 1.54. The lowest BCUT2D eigenvalue weighted by molar-refractivity contribution is 0.421. The van der Waals surface area contributed by atoms with Crippen molar-refractivity contribution in [3.8, 4) is 5.75 Å². The first-order valence-corrected chi connectivity index (χ1v) is 6.74. The van der Waals surface area contributed by atoms with Crippen LogP contribution in [-0.2, 0) is 10.3 Å². The Bertz CT molecular complexity index is 681. The molecule has 0 fully saturated rings. The summed E-state index contributed by atoms with van der Waals surface area (Å²) in [4.78, 5) is 4.16. The van der Waals surface area contributed by atoms with Crippen LogP contribution in [0.4, 0.5) is 0 Å². The van der Waals surface area contributed by atoms with Crippen molar-refractivity contribution in [3.05, 3.63) is 36.2 Å². The van der Waals surface area contributed by atoms with E-state index in [1.54, 1.807) is 18.3 Å². The smallest absolute Gasteiger partial charge is 0.371 e. The van der Waals surface area contributed by atoms with E-state index in [9.17, 15) is 8.42 Å². The van der Waals surface area contributed by atoms with Gasteiger partial charge in [-0.05, 0) is 30.5 Å². The third-order valence-corrected chi connectivity index (χ3v) is 3.88. The van der Waals surface area contributed by atoms with Gasteiger partial charge in [0, 0.05) is 31.4 Å². The van der Waals surface area contributed by atoms with Crippen molar-refractivity contribution in [2.24, 2.45) is 0 Å². The highest BCUT2D eigenvalue weighted by Crippen LogP contribution is 2.23. The molecule has 0 bridgehead atoms. The van der Waals surface area contributed by atoms with Crippen LogP contribution in [0.25, 0.3) is 10.8 Å². The second-order valence-corrected chi connectivity index (χ2v) is 5.86. The zero-order valence-electron chi connectivity index (χ0n) is 10.4. The summed E-state index contributed by atoms with van der Waals surface area (Å²) in [5, 5.41) is 1.88. The maximum absolute atomic E-state index is 11.6. The molecule has 1 heterocycles. The van der Waals surface area contributed by atoms with E-state index in [2.05, 4.69) is 4.98 Å². The number of benzene rings is 1. The first-order valence-electron chi connectivity index (χ1n) is 5.37. The van der Waals surface area contributed by atoms with Crippen molar-refractivity contribution in [1.29, 1.82) is 0 Å². The van der Waals surface area contributed by atoms with Crippen molar-refractivity contribution in [2.75, 3.05) is 14.1 Å². The Balaban J connectivity index is 2.45. The largest absolute Gasteiger partial charge is 0.384 e. The molecule has 0 aliphatic rings. The fourth-order valence-corrected chi connectivity index (χ4v) is 2.04. The molecular formula is C12H14N2O3S. The van der Waals surface area contributed by atoms with Crippen LogP contribution in [0.15, 0.2) is 30.5 Å². The van der Waals surface area contributed by atoms with Crippen molar-refractivity contribution < 1.29 is 12.6 Å². The van der Waals surface area contributed by atoms with Gasteiger partial charge in [-0.2, -0.15) is 12.7 Å². The van der Waals surface area contributed by atoms with Gasteiger partial charge in [0.05, 0.1) is 0 Å². The van der Waals surface area contributed by atoms with Crippen molar-refractivity contribution in [2.45, 2.75) is 6.92 Å². The Labute approximate surface area is 106 Å². The van der Waals surface area contributed by atoms with E-state index in [4.69, 9.17) is 4.18 Å². The molecule has 0 N–H and O–H groups in total. The SMILES string of the molecule is Cc1nccc2ccc(OS(=O)(=O)N(C)C)cc12. The summed E-state index contributed by atoms with van der Waals surface area (Å²) in [5.41, 5.74) is 0.834. The van der Waals surface area contributed by atoms with Crippen LogP contribution in [0.3, 0.4) is 0 Å². The van der Waals surface area contributed by atoms with E-state index in [-0.39, 0.29) is 5.75 Å². The molecule has 0 radical (unpaired) electrons. The minimum absolute atomic E-state index is 0.285. The molecule has 0 aliphatic carbocycles. The highest BCUT2D eigenvalue weighted by atomic mass is 32.2. The molecule has 2 aromatic rings. The molecular weight excluding hydrogens is 252 g/mol. The summed E-state index contributed by atoms with van der Waals surface area (Å²) >= 11 is 0. The third kappa shape index (κ3) is 2.44. The summed E-state index contributed by atoms with van der Waals surface area (Å²) in [6.07, 6.45) is 1.72. The molecule has 0 atom stereocenters. The summed E-state index contributed by atoms with van der Waals surface area (Å²) in [6, 6.07) is 6.98. The molecule has 18 heavy (non-hydrogen) atoms. The van der Waals surface area contributed by atoms with Crippen LogP contribution in [0.1, 0.15) is 5.69 Å². The number of hydrogen-bond donors (Lipinski definition) is 0. The Morgan fingerprint density at radius 1 is 1.22 bits per heavy atom. The Hall–Kier alpha value is -1.66. The van der Waals surface area contributed by atoms with Gasteiger partial charge in [-0.25, -0.2) is 0 Å². The van der Waals surface area contributed by atoms with E-state index < -0.39 is 10.3 Å². The van der Waals surface area contributed by atoms with Crippen LogP contribution in [0.5, 0.6) is 5.75 Å². The lowest BCUT2D eigenvalue weighted by Gasteiger charge is -2.12. The summed E-state index contributed by atoms with van der Waals surface area (Å²) < 4.78 is 29.2. The van der Waals surface area contributed by atoms with E-state index in [1.165, 1.54) is 14.1 Å². The lowest BCUT2D eigenvalue weighted by Crippen LogP contribution is -2.26. The van der Waals surface area contributed by atoms with Gasteiger partial charge >= 0.3 is 10.3 Å². The Morgan fingerprint density at radius 2 is 1.94 bits per heavy atom. The topological polar surface area (TPSA) is 59.5 Å². The van der Waals surface area contributed by atoms with Crippen LogP contribution < -0.4 is 4.18 Å². The molecule has 0 aliphatic heterocycles. The van der Waals surface area contributed by atoms with Crippen molar-refractivity contribution in [3.63, 3.8) is 0 Å². The first kappa shape index (κ1) is 12.8. The number of hydrogen-bond acceptors (Lipinski definition) is 4. The average Bonchev–Trinajstić information content (AvgIpc) is 2.29. The molecule has 0 saturated carbocycles. The zero-order chi connectivity index (χ0) is 13.3. The zero-order valence-corrected chi connectivity index (χ0v) is 11.2. The predicted octanol–water partition coefficient (Wildman–Crippen LogP) is 1.73.